The summed E-state index contributed by atoms with van der Waals surface area (Å²) in [5.74, 6) is -0.321. The molecular formula is C28H34N2O3S2. The number of pyridine rings is 1. The molecule has 7 heteroatoms. The molecule has 0 amide bonds. The van der Waals surface area contributed by atoms with Crippen LogP contribution in [0.4, 0.5) is 11.4 Å². The molecule has 1 N–H and O–H groups in total. The Morgan fingerprint density at radius 3 is 2.46 bits per heavy atom. The summed E-state index contributed by atoms with van der Waals surface area (Å²) in [7, 11) is -4.13. The summed E-state index contributed by atoms with van der Waals surface area (Å²) in [6.45, 7) is 4.36. The second-order valence-corrected chi connectivity index (χ2v) is 11.7. The lowest BCUT2D eigenvalue weighted by molar-refractivity contribution is 0.476. The molecule has 0 bridgehead atoms. The highest BCUT2D eigenvalue weighted by Gasteiger charge is 2.33. The number of aryl methyl sites for hydroxylation is 2. The number of hydrogen-bond donors (Lipinski definition) is 1. The standard InChI is InChI=1S/C28H34N2O3S2/c1-3-5-10-21-15-16-27-25(20-21)30(23-13-7-8-14-26(23)34-27)24(17-19-35(31,32)33)28-22(11-6-4-2)12-9-18-29-28/h7-9,12-16,18,20,24H,3-6,10-11,17,19H2,1-2H3,(H,31,32,33). The molecule has 5 nitrogen and oxygen atoms in total. The van der Waals surface area contributed by atoms with Gasteiger partial charge in [-0.25, -0.2) is 0 Å². The van der Waals surface area contributed by atoms with Gasteiger partial charge >= 0.3 is 0 Å². The smallest absolute Gasteiger partial charge is 0.264 e. The van der Waals surface area contributed by atoms with Gasteiger partial charge in [-0.15, -0.1) is 0 Å². The Bertz CT molecular complexity index is 1260. The van der Waals surface area contributed by atoms with Crippen LogP contribution in [0.3, 0.4) is 0 Å². The predicted octanol–water partition coefficient (Wildman–Crippen LogP) is 7.39. The van der Waals surface area contributed by atoms with E-state index in [4.69, 9.17) is 4.98 Å². The molecule has 0 fully saturated rings. The number of hydrogen-bond acceptors (Lipinski definition) is 5. The molecule has 1 aromatic heterocycles. The first-order valence-corrected chi connectivity index (χ1v) is 14.9. The van der Waals surface area contributed by atoms with Crippen molar-refractivity contribution in [2.45, 2.75) is 74.6 Å². The van der Waals surface area contributed by atoms with Gasteiger partial charge in [0.1, 0.15) is 0 Å². The minimum Gasteiger partial charge on any atom is -0.330 e. The summed E-state index contributed by atoms with van der Waals surface area (Å²) in [6, 6.07) is 18.6. The zero-order valence-corrected chi connectivity index (χ0v) is 22.1. The molecule has 3 aromatic rings. The Kier molecular flexibility index (Phi) is 8.52. The van der Waals surface area contributed by atoms with Gasteiger partial charge in [-0.1, -0.05) is 62.7 Å². The lowest BCUT2D eigenvalue weighted by atomic mass is 9.97. The highest BCUT2D eigenvalue weighted by Crippen LogP contribution is 2.52. The van der Waals surface area contributed by atoms with Crippen LogP contribution in [0, 0.1) is 0 Å². The van der Waals surface area contributed by atoms with E-state index in [-0.39, 0.29) is 18.2 Å². The summed E-state index contributed by atoms with van der Waals surface area (Å²) in [5, 5.41) is 0. The molecule has 1 unspecified atom stereocenters. The minimum absolute atomic E-state index is 0.243. The Balaban J connectivity index is 1.88. The van der Waals surface area contributed by atoms with Crippen molar-refractivity contribution in [2.75, 3.05) is 10.7 Å². The quantitative estimate of drug-likeness (QED) is 0.271. The number of benzene rings is 2. The lowest BCUT2D eigenvalue weighted by Gasteiger charge is -2.39. The number of rotatable bonds is 11. The first-order chi connectivity index (χ1) is 16.9. The van der Waals surface area contributed by atoms with Crippen LogP contribution in [0.25, 0.3) is 0 Å². The Morgan fingerprint density at radius 1 is 0.943 bits per heavy atom. The van der Waals surface area contributed by atoms with E-state index in [1.807, 2.05) is 18.2 Å². The molecule has 0 radical (unpaired) electrons. The van der Waals surface area contributed by atoms with E-state index < -0.39 is 10.1 Å². The van der Waals surface area contributed by atoms with Crippen LogP contribution < -0.4 is 4.90 Å². The SMILES string of the molecule is CCCCc1ccc2c(c1)N(C(CCS(=O)(=O)O)c1ncccc1CCCC)c1ccccc1S2. The summed E-state index contributed by atoms with van der Waals surface area (Å²) < 4.78 is 33.4. The Hall–Kier alpha value is -2.35. The van der Waals surface area contributed by atoms with Crippen molar-refractivity contribution in [1.29, 1.82) is 0 Å². The van der Waals surface area contributed by atoms with Crippen LogP contribution in [0.2, 0.25) is 0 Å². The third-order valence-electron chi connectivity index (χ3n) is 6.45. The fourth-order valence-electron chi connectivity index (χ4n) is 4.68. The van der Waals surface area contributed by atoms with E-state index in [1.165, 1.54) is 5.56 Å². The monoisotopic (exact) mass is 510 g/mol. The largest absolute Gasteiger partial charge is 0.330 e. The molecule has 2 aromatic carbocycles. The number of nitrogens with zero attached hydrogens (tertiary/aromatic N) is 2. The lowest BCUT2D eigenvalue weighted by Crippen LogP contribution is -2.30. The average molecular weight is 511 g/mol. The molecule has 2 heterocycles. The van der Waals surface area contributed by atoms with Crippen molar-refractivity contribution in [3.05, 3.63) is 77.6 Å². The Labute approximate surface area is 213 Å². The summed E-state index contributed by atoms with van der Waals surface area (Å²) in [5.41, 5.74) is 5.42. The van der Waals surface area contributed by atoms with Gasteiger partial charge in [-0.05, 0) is 73.6 Å². The van der Waals surface area contributed by atoms with Gasteiger partial charge in [0.15, 0.2) is 0 Å². The van der Waals surface area contributed by atoms with Gasteiger partial charge in [0.25, 0.3) is 10.1 Å². The van der Waals surface area contributed by atoms with E-state index in [2.05, 4.69) is 55.1 Å². The zero-order chi connectivity index (χ0) is 24.8. The highest BCUT2D eigenvalue weighted by atomic mass is 32.2. The molecule has 4 rings (SSSR count). The van der Waals surface area contributed by atoms with E-state index in [0.29, 0.717) is 0 Å². The molecule has 0 saturated carbocycles. The molecule has 0 aliphatic carbocycles. The molecule has 1 aliphatic heterocycles. The number of unbranched alkanes of at least 4 members (excludes halogenated alkanes) is 2. The first kappa shape index (κ1) is 25.7. The van der Waals surface area contributed by atoms with Crippen LogP contribution >= 0.6 is 11.8 Å². The first-order valence-electron chi connectivity index (χ1n) is 12.5. The van der Waals surface area contributed by atoms with Crippen molar-refractivity contribution >= 4 is 33.3 Å². The van der Waals surface area contributed by atoms with Gasteiger partial charge in [0, 0.05) is 16.0 Å². The van der Waals surface area contributed by atoms with Crippen LogP contribution in [-0.2, 0) is 23.0 Å². The van der Waals surface area contributed by atoms with Crippen LogP contribution in [0.15, 0.2) is 70.6 Å². The van der Waals surface area contributed by atoms with Crippen LogP contribution in [0.1, 0.15) is 68.8 Å². The maximum absolute atomic E-state index is 11.9. The Morgan fingerprint density at radius 2 is 1.69 bits per heavy atom. The normalized spacial score (nSPS) is 13.9. The maximum Gasteiger partial charge on any atom is 0.264 e. The van der Waals surface area contributed by atoms with Gasteiger partial charge in [-0.2, -0.15) is 8.42 Å². The maximum atomic E-state index is 11.9. The van der Waals surface area contributed by atoms with Gasteiger partial charge in [0.05, 0.1) is 28.9 Å². The average Bonchev–Trinajstić information content (AvgIpc) is 2.85. The van der Waals surface area contributed by atoms with Crippen molar-refractivity contribution in [3.8, 4) is 0 Å². The van der Waals surface area contributed by atoms with E-state index in [9.17, 15) is 13.0 Å². The number of aromatic nitrogens is 1. The van der Waals surface area contributed by atoms with Crippen molar-refractivity contribution in [1.82, 2.24) is 4.98 Å². The van der Waals surface area contributed by atoms with E-state index in [0.717, 1.165) is 70.9 Å². The summed E-state index contributed by atoms with van der Waals surface area (Å²) >= 11 is 1.74. The van der Waals surface area contributed by atoms with Gasteiger partial charge in [-0.3, -0.25) is 9.54 Å². The van der Waals surface area contributed by atoms with Gasteiger partial charge in [0.2, 0.25) is 0 Å². The van der Waals surface area contributed by atoms with E-state index in [1.54, 1.807) is 18.0 Å². The fraction of sp³-hybridized carbons (Fsp3) is 0.393. The predicted molar refractivity (Wildman–Crippen MR) is 144 cm³/mol. The molecule has 186 valence electrons. The molecule has 0 spiro atoms. The van der Waals surface area contributed by atoms with Gasteiger partial charge < -0.3 is 4.90 Å². The minimum atomic E-state index is -4.13. The summed E-state index contributed by atoms with van der Waals surface area (Å²) in [6.07, 6.45) is 8.27. The number of fused-ring (bicyclic) bond motifs is 2. The van der Waals surface area contributed by atoms with Crippen molar-refractivity contribution in [2.24, 2.45) is 0 Å². The highest BCUT2D eigenvalue weighted by molar-refractivity contribution is 7.99. The molecular weight excluding hydrogens is 476 g/mol. The van der Waals surface area contributed by atoms with Crippen molar-refractivity contribution < 1.29 is 13.0 Å². The third-order valence-corrected chi connectivity index (χ3v) is 8.33. The van der Waals surface area contributed by atoms with E-state index >= 15 is 0 Å². The van der Waals surface area contributed by atoms with Crippen LogP contribution in [-0.4, -0.2) is 23.7 Å². The summed E-state index contributed by atoms with van der Waals surface area (Å²) in [4.78, 5) is 9.34. The molecule has 0 saturated heterocycles. The second-order valence-electron chi connectivity index (χ2n) is 9.09. The number of anilines is 2. The topological polar surface area (TPSA) is 70.5 Å². The van der Waals surface area contributed by atoms with Crippen LogP contribution in [0.5, 0.6) is 0 Å². The molecule has 1 atom stereocenters. The number of para-hydroxylation sites is 1. The molecule has 1 aliphatic rings. The second kappa shape index (κ2) is 11.6. The molecule has 35 heavy (non-hydrogen) atoms. The third kappa shape index (κ3) is 6.26. The fourth-order valence-corrected chi connectivity index (χ4v) is 6.25. The van der Waals surface area contributed by atoms with Crippen molar-refractivity contribution in [3.63, 3.8) is 0 Å². The zero-order valence-electron chi connectivity index (χ0n) is 20.5.